The fourth-order valence-corrected chi connectivity index (χ4v) is 2.10. The van der Waals surface area contributed by atoms with Crippen molar-refractivity contribution in [3.8, 4) is 0 Å². The molecule has 23 heavy (non-hydrogen) atoms. The lowest BCUT2D eigenvalue weighted by atomic mass is 9.91. The van der Waals surface area contributed by atoms with Gasteiger partial charge in [0.25, 0.3) is 0 Å². The Kier molecular flexibility index (Phi) is 5.52. The maximum atomic E-state index is 12.3. The van der Waals surface area contributed by atoms with Crippen molar-refractivity contribution in [1.29, 1.82) is 0 Å². The van der Waals surface area contributed by atoms with E-state index in [4.69, 9.17) is 0 Å². The van der Waals surface area contributed by atoms with E-state index in [1.54, 1.807) is 26.0 Å². The van der Waals surface area contributed by atoms with Crippen LogP contribution in [0.5, 0.6) is 0 Å². The fourth-order valence-electron chi connectivity index (χ4n) is 2.10. The van der Waals surface area contributed by atoms with E-state index in [9.17, 15) is 9.59 Å². The summed E-state index contributed by atoms with van der Waals surface area (Å²) in [7, 11) is 0. The molecule has 0 aromatic heterocycles. The van der Waals surface area contributed by atoms with Gasteiger partial charge in [0.2, 0.25) is 11.8 Å². The molecule has 2 aromatic rings. The number of rotatable bonds is 6. The minimum Gasteiger partial charge on any atom is -0.355 e. The standard InChI is InChI=1S/C19H22N2O2/c1-19(2,18(23)21-16-11-7-4-8-12-16)17(22)20-14-13-15-9-5-3-6-10-15/h3-12H,13-14H2,1-2H3,(H,20,22)(H,21,23). The van der Waals surface area contributed by atoms with E-state index in [0.29, 0.717) is 12.2 Å². The number of carbonyl (C=O) groups is 2. The molecule has 120 valence electrons. The molecule has 2 rings (SSSR count). The number of carbonyl (C=O) groups excluding carboxylic acids is 2. The van der Waals surface area contributed by atoms with Crippen molar-refractivity contribution in [2.24, 2.45) is 5.41 Å². The molecule has 0 radical (unpaired) electrons. The van der Waals surface area contributed by atoms with Gasteiger partial charge >= 0.3 is 0 Å². The third kappa shape index (κ3) is 4.68. The van der Waals surface area contributed by atoms with E-state index in [-0.39, 0.29) is 11.8 Å². The van der Waals surface area contributed by atoms with E-state index in [0.717, 1.165) is 12.0 Å². The molecule has 0 atom stereocenters. The van der Waals surface area contributed by atoms with Crippen molar-refractivity contribution in [2.75, 3.05) is 11.9 Å². The van der Waals surface area contributed by atoms with E-state index in [2.05, 4.69) is 10.6 Å². The van der Waals surface area contributed by atoms with Gasteiger partial charge in [-0.15, -0.1) is 0 Å². The Labute approximate surface area is 136 Å². The third-order valence-electron chi connectivity index (χ3n) is 3.71. The Balaban J connectivity index is 1.87. The quantitative estimate of drug-likeness (QED) is 0.806. The molecule has 0 spiro atoms. The number of anilines is 1. The zero-order valence-corrected chi connectivity index (χ0v) is 13.5. The molecule has 0 heterocycles. The van der Waals surface area contributed by atoms with Gasteiger partial charge in [0.05, 0.1) is 0 Å². The molecule has 0 aliphatic heterocycles. The van der Waals surface area contributed by atoms with Gasteiger partial charge in [0.1, 0.15) is 5.41 Å². The van der Waals surface area contributed by atoms with Crippen LogP contribution in [-0.2, 0) is 16.0 Å². The molecule has 2 amide bonds. The Hall–Kier alpha value is -2.62. The maximum absolute atomic E-state index is 12.3. The first-order valence-electron chi connectivity index (χ1n) is 7.69. The van der Waals surface area contributed by atoms with Crippen LogP contribution in [0.2, 0.25) is 0 Å². The Morgan fingerprint density at radius 2 is 1.43 bits per heavy atom. The summed E-state index contributed by atoms with van der Waals surface area (Å²) in [5.41, 5.74) is 0.703. The van der Waals surface area contributed by atoms with Crippen LogP contribution in [0, 0.1) is 5.41 Å². The van der Waals surface area contributed by atoms with Gasteiger partial charge in [-0.25, -0.2) is 0 Å². The van der Waals surface area contributed by atoms with E-state index in [1.807, 2.05) is 48.5 Å². The normalized spacial score (nSPS) is 10.9. The first kappa shape index (κ1) is 16.7. The number of amides is 2. The molecular formula is C19H22N2O2. The zero-order chi connectivity index (χ0) is 16.7. The molecule has 0 saturated heterocycles. The van der Waals surface area contributed by atoms with Crippen molar-refractivity contribution in [2.45, 2.75) is 20.3 Å². The second-order valence-electron chi connectivity index (χ2n) is 5.94. The van der Waals surface area contributed by atoms with Gasteiger partial charge in [0, 0.05) is 12.2 Å². The Morgan fingerprint density at radius 3 is 2.04 bits per heavy atom. The number of para-hydroxylation sites is 1. The molecule has 2 aromatic carbocycles. The molecule has 0 aliphatic carbocycles. The van der Waals surface area contributed by atoms with Crippen LogP contribution in [0.4, 0.5) is 5.69 Å². The average Bonchev–Trinajstić information content (AvgIpc) is 2.56. The van der Waals surface area contributed by atoms with Gasteiger partial charge in [-0.3, -0.25) is 9.59 Å². The minimum atomic E-state index is -1.13. The highest BCUT2D eigenvalue weighted by molar-refractivity contribution is 6.09. The van der Waals surface area contributed by atoms with E-state index in [1.165, 1.54) is 0 Å². The predicted molar refractivity (Wildman–Crippen MR) is 92.0 cm³/mol. The lowest BCUT2D eigenvalue weighted by Gasteiger charge is -2.22. The van der Waals surface area contributed by atoms with Gasteiger partial charge < -0.3 is 10.6 Å². The van der Waals surface area contributed by atoms with Gasteiger partial charge in [-0.05, 0) is 38.0 Å². The van der Waals surface area contributed by atoms with Crippen LogP contribution < -0.4 is 10.6 Å². The van der Waals surface area contributed by atoms with Crippen LogP contribution in [0.15, 0.2) is 60.7 Å². The molecule has 4 nitrogen and oxygen atoms in total. The second kappa shape index (κ2) is 7.58. The van der Waals surface area contributed by atoms with Crippen molar-refractivity contribution in [1.82, 2.24) is 5.32 Å². The smallest absolute Gasteiger partial charge is 0.239 e. The number of hydrogen-bond acceptors (Lipinski definition) is 2. The molecule has 0 fully saturated rings. The van der Waals surface area contributed by atoms with Crippen LogP contribution >= 0.6 is 0 Å². The topological polar surface area (TPSA) is 58.2 Å². The summed E-state index contributed by atoms with van der Waals surface area (Å²) < 4.78 is 0. The number of nitrogens with one attached hydrogen (secondary N) is 2. The zero-order valence-electron chi connectivity index (χ0n) is 13.5. The summed E-state index contributed by atoms with van der Waals surface area (Å²) in [6.45, 7) is 3.76. The Bertz CT molecular complexity index is 652. The lowest BCUT2D eigenvalue weighted by molar-refractivity contribution is -0.138. The van der Waals surface area contributed by atoms with Crippen molar-refractivity contribution < 1.29 is 9.59 Å². The van der Waals surface area contributed by atoms with Gasteiger partial charge in [-0.1, -0.05) is 48.5 Å². The maximum Gasteiger partial charge on any atom is 0.239 e. The van der Waals surface area contributed by atoms with Crippen molar-refractivity contribution >= 4 is 17.5 Å². The summed E-state index contributed by atoms with van der Waals surface area (Å²) in [5, 5.41) is 5.61. The molecule has 4 heteroatoms. The van der Waals surface area contributed by atoms with Crippen molar-refractivity contribution in [3.63, 3.8) is 0 Å². The monoisotopic (exact) mass is 310 g/mol. The Morgan fingerprint density at radius 1 is 0.870 bits per heavy atom. The van der Waals surface area contributed by atoms with Crippen LogP contribution in [0.3, 0.4) is 0 Å². The average molecular weight is 310 g/mol. The second-order valence-corrected chi connectivity index (χ2v) is 5.94. The number of benzene rings is 2. The SMILES string of the molecule is CC(C)(C(=O)NCCc1ccccc1)C(=O)Nc1ccccc1. The lowest BCUT2D eigenvalue weighted by Crippen LogP contribution is -2.45. The molecular weight excluding hydrogens is 288 g/mol. The number of hydrogen-bond donors (Lipinski definition) is 2. The van der Waals surface area contributed by atoms with E-state index >= 15 is 0 Å². The molecule has 0 saturated carbocycles. The van der Waals surface area contributed by atoms with Gasteiger partial charge in [-0.2, -0.15) is 0 Å². The first-order valence-corrected chi connectivity index (χ1v) is 7.69. The highest BCUT2D eigenvalue weighted by Crippen LogP contribution is 2.19. The summed E-state index contributed by atoms with van der Waals surface area (Å²) in [6, 6.07) is 19.0. The first-order chi connectivity index (χ1) is 11.0. The molecule has 2 N–H and O–H groups in total. The summed E-state index contributed by atoms with van der Waals surface area (Å²) >= 11 is 0. The highest BCUT2D eigenvalue weighted by Gasteiger charge is 2.35. The van der Waals surface area contributed by atoms with Crippen LogP contribution in [0.25, 0.3) is 0 Å². The van der Waals surface area contributed by atoms with Crippen LogP contribution in [-0.4, -0.2) is 18.4 Å². The minimum absolute atomic E-state index is 0.276. The molecule has 0 bridgehead atoms. The van der Waals surface area contributed by atoms with Crippen molar-refractivity contribution in [3.05, 3.63) is 66.2 Å². The predicted octanol–water partition coefficient (Wildman–Crippen LogP) is 3.01. The van der Waals surface area contributed by atoms with E-state index < -0.39 is 5.41 Å². The summed E-state index contributed by atoms with van der Waals surface area (Å²) in [4.78, 5) is 24.7. The van der Waals surface area contributed by atoms with Gasteiger partial charge in [0.15, 0.2) is 0 Å². The third-order valence-corrected chi connectivity index (χ3v) is 3.71. The molecule has 0 unspecified atom stereocenters. The highest BCUT2D eigenvalue weighted by atomic mass is 16.2. The molecule has 0 aliphatic rings. The summed E-state index contributed by atoms with van der Waals surface area (Å²) in [5.74, 6) is -0.595. The fraction of sp³-hybridized carbons (Fsp3) is 0.263. The van der Waals surface area contributed by atoms with Crippen LogP contribution in [0.1, 0.15) is 19.4 Å². The largest absolute Gasteiger partial charge is 0.355 e. The summed E-state index contributed by atoms with van der Waals surface area (Å²) in [6.07, 6.45) is 0.739.